The van der Waals surface area contributed by atoms with Crippen LogP contribution in [0.1, 0.15) is 29.7 Å². The molecule has 0 saturated carbocycles. The molecule has 8 heteroatoms. The third kappa shape index (κ3) is 4.65. The van der Waals surface area contributed by atoms with E-state index in [2.05, 4.69) is 10.3 Å². The minimum atomic E-state index is -3.37. The van der Waals surface area contributed by atoms with Gasteiger partial charge in [0.15, 0.2) is 0 Å². The molecule has 134 valence electrons. The first-order chi connectivity index (χ1) is 12.1. The van der Waals surface area contributed by atoms with E-state index in [1.807, 2.05) is 12.1 Å². The van der Waals surface area contributed by atoms with E-state index in [4.69, 9.17) is 0 Å². The fourth-order valence-corrected chi connectivity index (χ4v) is 5.69. The Labute approximate surface area is 151 Å². The van der Waals surface area contributed by atoms with E-state index in [1.54, 1.807) is 24.5 Å². The van der Waals surface area contributed by atoms with Crippen molar-refractivity contribution < 1.29 is 13.2 Å². The van der Waals surface area contributed by atoms with Crippen molar-refractivity contribution in [3.63, 3.8) is 0 Å². The van der Waals surface area contributed by atoms with E-state index in [0.29, 0.717) is 36.7 Å². The zero-order valence-corrected chi connectivity index (χ0v) is 15.5. The van der Waals surface area contributed by atoms with Gasteiger partial charge in [-0.15, -0.1) is 11.3 Å². The van der Waals surface area contributed by atoms with Crippen LogP contribution < -0.4 is 5.32 Å². The summed E-state index contributed by atoms with van der Waals surface area (Å²) in [6.07, 6.45) is 6.32. The highest BCUT2D eigenvalue weighted by Crippen LogP contribution is 2.27. The molecular weight excluding hydrogens is 358 g/mol. The van der Waals surface area contributed by atoms with Gasteiger partial charge in [0.25, 0.3) is 10.0 Å². The Balaban J connectivity index is 1.50. The zero-order valence-electron chi connectivity index (χ0n) is 13.8. The third-order valence-corrected chi connectivity index (χ3v) is 7.57. The lowest BCUT2D eigenvalue weighted by Gasteiger charge is -2.13. The molecule has 1 N–H and O–H groups in total. The quantitative estimate of drug-likeness (QED) is 0.800. The minimum Gasteiger partial charge on any atom is -0.351 e. The maximum atomic E-state index is 12.5. The first kappa shape index (κ1) is 18.0. The summed E-state index contributed by atoms with van der Waals surface area (Å²) >= 11 is 1.23. The summed E-state index contributed by atoms with van der Waals surface area (Å²) in [6.45, 7) is 1.55. The summed E-state index contributed by atoms with van der Waals surface area (Å²) in [5, 5.41) is 2.85. The number of sulfonamides is 1. The van der Waals surface area contributed by atoms with Crippen LogP contribution in [0.4, 0.5) is 0 Å². The average Bonchev–Trinajstić information content (AvgIpc) is 3.31. The molecule has 0 spiro atoms. The van der Waals surface area contributed by atoms with Gasteiger partial charge in [-0.1, -0.05) is 6.07 Å². The van der Waals surface area contributed by atoms with Gasteiger partial charge in [0, 0.05) is 36.8 Å². The Morgan fingerprint density at radius 1 is 1.24 bits per heavy atom. The van der Waals surface area contributed by atoms with Crippen molar-refractivity contribution in [3.05, 3.63) is 47.1 Å². The Hall–Kier alpha value is -1.77. The minimum absolute atomic E-state index is 0.0544. The number of aryl methyl sites for hydroxylation is 1. The van der Waals surface area contributed by atoms with Crippen LogP contribution >= 0.6 is 11.3 Å². The number of carbonyl (C=O) groups is 1. The first-order valence-corrected chi connectivity index (χ1v) is 10.6. The van der Waals surface area contributed by atoms with E-state index >= 15 is 0 Å². The number of rotatable bonds is 7. The van der Waals surface area contributed by atoms with Crippen LogP contribution in [0.2, 0.25) is 0 Å². The average molecular weight is 380 g/mol. The summed E-state index contributed by atoms with van der Waals surface area (Å²) in [6, 6.07) is 7.20. The van der Waals surface area contributed by atoms with E-state index in [1.165, 1.54) is 15.6 Å². The molecule has 1 saturated heterocycles. The fraction of sp³-hybridized carbons (Fsp3) is 0.412. The van der Waals surface area contributed by atoms with Crippen molar-refractivity contribution in [2.75, 3.05) is 13.1 Å². The lowest BCUT2D eigenvalue weighted by molar-refractivity contribution is -0.121. The fourth-order valence-electron chi connectivity index (χ4n) is 2.73. The molecule has 1 amide bonds. The number of amides is 1. The van der Waals surface area contributed by atoms with Gasteiger partial charge in [-0.2, -0.15) is 4.31 Å². The highest BCUT2D eigenvalue weighted by atomic mass is 32.2. The van der Waals surface area contributed by atoms with Crippen LogP contribution in [0.3, 0.4) is 0 Å². The van der Waals surface area contributed by atoms with Gasteiger partial charge in [0.1, 0.15) is 4.21 Å². The molecule has 1 aliphatic rings. The molecule has 6 nitrogen and oxygen atoms in total. The van der Waals surface area contributed by atoms with Gasteiger partial charge in [-0.3, -0.25) is 9.78 Å². The van der Waals surface area contributed by atoms with Crippen LogP contribution in [-0.2, 0) is 27.8 Å². The van der Waals surface area contributed by atoms with Gasteiger partial charge < -0.3 is 5.32 Å². The molecule has 2 aromatic heterocycles. The van der Waals surface area contributed by atoms with Crippen LogP contribution in [-0.4, -0.2) is 36.7 Å². The molecule has 0 bridgehead atoms. The lowest BCUT2D eigenvalue weighted by Crippen LogP contribution is -2.27. The first-order valence-electron chi connectivity index (χ1n) is 8.30. The highest BCUT2D eigenvalue weighted by Gasteiger charge is 2.28. The summed E-state index contributed by atoms with van der Waals surface area (Å²) in [5.74, 6) is -0.0544. The van der Waals surface area contributed by atoms with E-state index in [0.717, 1.165) is 23.3 Å². The number of carbonyl (C=O) groups excluding carboxylic acids is 1. The molecule has 0 aromatic carbocycles. The zero-order chi connectivity index (χ0) is 17.7. The SMILES string of the molecule is O=C(CCc1cccnc1)NCc1ccc(S(=O)(=O)N2CCCC2)s1. The molecule has 25 heavy (non-hydrogen) atoms. The van der Waals surface area contributed by atoms with Crippen molar-refractivity contribution in [1.82, 2.24) is 14.6 Å². The van der Waals surface area contributed by atoms with Gasteiger partial charge in [0.2, 0.25) is 5.91 Å². The predicted molar refractivity (Wildman–Crippen MR) is 96.7 cm³/mol. The van der Waals surface area contributed by atoms with Crippen molar-refractivity contribution in [3.8, 4) is 0 Å². The van der Waals surface area contributed by atoms with Crippen LogP contribution in [0, 0.1) is 0 Å². The molecular formula is C17H21N3O3S2. The number of hydrogen-bond donors (Lipinski definition) is 1. The number of pyridine rings is 1. The largest absolute Gasteiger partial charge is 0.351 e. The standard InChI is InChI=1S/C17H21N3O3S2/c21-16(7-5-14-4-3-9-18-12-14)19-13-15-6-8-17(24-15)25(22,23)20-10-1-2-11-20/h3-4,6,8-9,12H,1-2,5,7,10-11,13H2,(H,19,21). The molecule has 1 aliphatic heterocycles. The van der Waals surface area contributed by atoms with E-state index < -0.39 is 10.0 Å². The Morgan fingerprint density at radius 3 is 2.76 bits per heavy atom. The second-order valence-corrected chi connectivity index (χ2v) is 9.30. The van der Waals surface area contributed by atoms with Gasteiger partial charge in [-0.25, -0.2) is 8.42 Å². The maximum Gasteiger partial charge on any atom is 0.252 e. The van der Waals surface area contributed by atoms with Crippen LogP contribution in [0.25, 0.3) is 0 Å². The van der Waals surface area contributed by atoms with Gasteiger partial charge in [-0.05, 0) is 43.0 Å². The van der Waals surface area contributed by atoms with Gasteiger partial charge >= 0.3 is 0 Å². The van der Waals surface area contributed by atoms with Crippen molar-refractivity contribution in [2.24, 2.45) is 0 Å². The summed E-state index contributed by atoms with van der Waals surface area (Å²) in [7, 11) is -3.37. The van der Waals surface area contributed by atoms with E-state index in [9.17, 15) is 13.2 Å². The van der Waals surface area contributed by atoms with E-state index in [-0.39, 0.29) is 5.91 Å². The molecule has 1 fully saturated rings. The normalized spacial score (nSPS) is 15.4. The van der Waals surface area contributed by atoms with Crippen LogP contribution in [0.15, 0.2) is 40.9 Å². The maximum absolute atomic E-state index is 12.5. The van der Waals surface area contributed by atoms with Crippen molar-refractivity contribution >= 4 is 27.3 Å². The Bertz CT molecular complexity index is 813. The number of hydrogen-bond acceptors (Lipinski definition) is 5. The number of thiophene rings is 1. The molecule has 0 radical (unpaired) electrons. The second-order valence-electron chi connectivity index (χ2n) is 5.97. The monoisotopic (exact) mass is 379 g/mol. The Kier molecular flexibility index (Phi) is 5.82. The molecule has 0 aliphatic carbocycles. The van der Waals surface area contributed by atoms with Crippen molar-refractivity contribution in [2.45, 2.75) is 36.4 Å². The van der Waals surface area contributed by atoms with Gasteiger partial charge in [0.05, 0.1) is 6.54 Å². The van der Waals surface area contributed by atoms with Crippen LogP contribution in [0.5, 0.6) is 0 Å². The molecule has 0 unspecified atom stereocenters. The molecule has 2 aromatic rings. The molecule has 3 heterocycles. The number of nitrogens with one attached hydrogen (secondary N) is 1. The van der Waals surface area contributed by atoms with Crippen molar-refractivity contribution in [1.29, 1.82) is 0 Å². The predicted octanol–water partition coefficient (Wildman–Crippen LogP) is 2.18. The lowest BCUT2D eigenvalue weighted by atomic mass is 10.1. The second kappa shape index (κ2) is 8.07. The smallest absolute Gasteiger partial charge is 0.252 e. The summed E-state index contributed by atoms with van der Waals surface area (Å²) in [5.41, 5.74) is 1.02. The Morgan fingerprint density at radius 2 is 2.04 bits per heavy atom. The molecule has 0 atom stereocenters. The number of aromatic nitrogens is 1. The topological polar surface area (TPSA) is 79.4 Å². The molecule has 3 rings (SSSR count). The third-order valence-electron chi connectivity index (χ3n) is 4.12. The summed E-state index contributed by atoms with van der Waals surface area (Å²) in [4.78, 5) is 16.8. The summed E-state index contributed by atoms with van der Waals surface area (Å²) < 4.78 is 26.9. The number of nitrogens with zero attached hydrogens (tertiary/aromatic N) is 2. The highest BCUT2D eigenvalue weighted by molar-refractivity contribution is 7.91.